The number of hydrogen-bond donors (Lipinski definition) is 4. The van der Waals surface area contributed by atoms with Crippen LogP contribution in [0.15, 0.2) is 0 Å². The lowest BCUT2D eigenvalue weighted by atomic mass is 9.96. The predicted molar refractivity (Wildman–Crippen MR) is 70.5 cm³/mol. The van der Waals surface area contributed by atoms with E-state index in [0.29, 0.717) is 0 Å². The van der Waals surface area contributed by atoms with E-state index in [1.54, 1.807) is 20.8 Å². The minimum Gasteiger partial charge on any atom is -0.480 e. The lowest BCUT2D eigenvalue weighted by Gasteiger charge is -2.18. The summed E-state index contributed by atoms with van der Waals surface area (Å²) in [7, 11) is 0. The van der Waals surface area contributed by atoms with Gasteiger partial charge in [0, 0.05) is 18.4 Å². The summed E-state index contributed by atoms with van der Waals surface area (Å²) in [5, 5.41) is 13.5. The van der Waals surface area contributed by atoms with Crippen molar-refractivity contribution in [1.82, 2.24) is 10.6 Å². The molecule has 0 saturated carbocycles. The number of carboxylic acid groups (broad SMARTS) is 1. The fraction of sp³-hybridized carbons (Fsp3) is 0.667. The predicted octanol–water partition coefficient (Wildman–Crippen LogP) is -1.02. The fourth-order valence-corrected chi connectivity index (χ4v) is 1.22. The highest BCUT2D eigenvalue weighted by atomic mass is 16.4. The molecule has 8 nitrogen and oxygen atoms in total. The molecule has 1 atom stereocenters. The molecule has 0 saturated heterocycles. The quantitative estimate of drug-likeness (QED) is 0.475. The third-order valence-corrected chi connectivity index (χ3v) is 2.36. The first-order valence-corrected chi connectivity index (χ1v) is 6.13. The van der Waals surface area contributed by atoms with E-state index in [4.69, 9.17) is 10.8 Å². The number of primary amides is 1. The van der Waals surface area contributed by atoms with Crippen molar-refractivity contribution >= 4 is 23.7 Å². The molecule has 0 radical (unpaired) electrons. The first kappa shape index (κ1) is 17.9. The molecule has 0 aromatic rings. The smallest absolute Gasteiger partial charge is 0.326 e. The van der Waals surface area contributed by atoms with E-state index < -0.39 is 35.7 Å². The maximum atomic E-state index is 11.5. The Kier molecular flexibility index (Phi) is 6.67. The summed E-state index contributed by atoms with van der Waals surface area (Å²) >= 11 is 0. The van der Waals surface area contributed by atoms with Crippen molar-refractivity contribution < 1.29 is 24.3 Å². The molecule has 0 fully saturated rings. The number of nitrogens with two attached hydrogens (primary N) is 1. The van der Waals surface area contributed by atoms with Gasteiger partial charge in [0.05, 0.1) is 6.42 Å². The van der Waals surface area contributed by atoms with Crippen LogP contribution in [0.5, 0.6) is 0 Å². The average molecular weight is 287 g/mol. The van der Waals surface area contributed by atoms with Crippen molar-refractivity contribution in [2.45, 2.75) is 39.7 Å². The van der Waals surface area contributed by atoms with Crippen molar-refractivity contribution in [3.63, 3.8) is 0 Å². The van der Waals surface area contributed by atoms with Gasteiger partial charge in [0.1, 0.15) is 6.04 Å². The maximum absolute atomic E-state index is 11.5. The van der Waals surface area contributed by atoms with Crippen LogP contribution < -0.4 is 16.4 Å². The Morgan fingerprint density at radius 1 is 1.20 bits per heavy atom. The highest BCUT2D eigenvalue weighted by Crippen LogP contribution is 2.12. The van der Waals surface area contributed by atoms with Gasteiger partial charge >= 0.3 is 5.97 Å². The topological polar surface area (TPSA) is 139 Å². The number of carbonyl (C=O) groups excluding carboxylic acids is 3. The van der Waals surface area contributed by atoms with Crippen LogP contribution in [0.1, 0.15) is 33.6 Å². The van der Waals surface area contributed by atoms with E-state index >= 15 is 0 Å². The normalized spacial score (nSPS) is 12.3. The van der Waals surface area contributed by atoms with Gasteiger partial charge in [0.15, 0.2) is 0 Å². The zero-order valence-electron chi connectivity index (χ0n) is 11.9. The summed E-state index contributed by atoms with van der Waals surface area (Å²) < 4.78 is 0. The van der Waals surface area contributed by atoms with Crippen molar-refractivity contribution in [3.8, 4) is 0 Å². The van der Waals surface area contributed by atoms with Crippen molar-refractivity contribution in [2.75, 3.05) is 6.54 Å². The Bertz CT molecular complexity index is 400. The molecule has 0 heterocycles. The van der Waals surface area contributed by atoms with E-state index in [1.165, 1.54) is 0 Å². The van der Waals surface area contributed by atoms with Crippen LogP contribution in [0.25, 0.3) is 0 Å². The molecule has 0 bridgehead atoms. The van der Waals surface area contributed by atoms with Crippen molar-refractivity contribution in [2.24, 2.45) is 11.1 Å². The van der Waals surface area contributed by atoms with Crippen LogP contribution in [0.2, 0.25) is 0 Å². The Labute approximate surface area is 117 Å². The lowest BCUT2D eigenvalue weighted by molar-refractivity contribution is -0.143. The van der Waals surface area contributed by atoms with Gasteiger partial charge in [0.25, 0.3) is 0 Å². The summed E-state index contributed by atoms with van der Waals surface area (Å²) in [6, 6.07) is -1.35. The van der Waals surface area contributed by atoms with E-state index in [1.807, 2.05) is 0 Å². The molecule has 0 aromatic heterocycles. The van der Waals surface area contributed by atoms with Gasteiger partial charge in [-0.05, 0) is 0 Å². The molecule has 5 N–H and O–H groups in total. The molecule has 0 aliphatic heterocycles. The molecular formula is C12H21N3O5. The zero-order valence-corrected chi connectivity index (χ0v) is 11.9. The highest BCUT2D eigenvalue weighted by Gasteiger charge is 2.23. The van der Waals surface area contributed by atoms with Gasteiger partial charge in [-0.2, -0.15) is 0 Å². The Balaban J connectivity index is 4.19. The van der Waals surface area contributed by atoms with Crippen molar-refractivity contribution in [3.05, 3.63) is 0 Å². The zero-order chi connectivity index (χ0) is 15.9. The Hall–Kier alpha value is -2.12. The van der Waals surface area contributed by atoms with Gasteiger partial charge in [-0.25, -0.2) is 4.79 Å². The number of hydrogen-bond acceptors (Lipinski definition) is 4. The fourth-order valence-electron chi connectivity index (χ4n) is 1.22. The lowest BCUT2D eigenvalue weighted by Crippen LogP contribution is -2.44. The van der Waals surface area contributed by atoms with Crippen LogP contribution in [0, 0.1) is 5.41 Å². The van der Waals surface area contributed by atoms with Crippen LogP contribution in [0.3, 0.4) is 0 Å². The maximum Gasteiger partial charge on any atom is 0.326 e. The molecule has 8 heteroatoms. The van der Waals surface area contributed by atoms with Crippen LogP contribution in [-0.2, 0) is 19.2 Å². The van der Waals surface area contributed by atoms with Crippen molar-refractivity contribution in [1.29, 1.82) is 0 Å². The number of rotatable bonds is 7. The number of carboxylic acids is 1. The second-order valence-electron chi connectivity index (χ2n) is 5.38. The minimum atomic E-state index is -1.35. The minimum absolute atomic E-state index is 0.0790. The largest absolute Gasteiger partial charge is 0.480 e. The second kappa shape index (κ2) is 7.46. The molecule has 114 valence electrons. The first-order chi connectivity index (χ1) is 9.04. The molecule has 0 aliphatic carbocycles. The van der Waals surface area contributed by atoms with E-state index in [2.05, 4.69) is 10.6 Å². The third-order valence-electron chi connectivity index (χ3n) is 2.36. The molecule has 0 aliphatic rings. The molecule has 1 unspecified atom stereocenters. The van der Waals surface area contributed by atoms with Gasteiger partial charge < -0.3 is 21.5 Å². The van der Waals surface area contributed by atoms with Crippen LogP contribution in [0.4, 0.5) is 0 Å². The second-order valence-corrected chi connectivity index (χ2v) is 5.38. The third kappa shape index (κ3) is 7.34. The Morgan fingerprint density at radius 3 is 2.15 bits per heavy atom. The van der Waals surface area contributed by atoms with Gasteiger partial charge in [-0.1, -0.05) is 20.8 Å². The van der Waals surface area contributed by atoms with Gasteiger partial charge in [-0.3, -0.25) is 14.4 Å². The number of carbonyl (C=O) groups is 4. The number of nitrogens with one attached hydrogen (secondary N) is 2. The monoisotopic (exact) mass is 287 g/mol. The Morgan fingerprint density at radius 2 is 1.75 bits per heavy atom. The van der Waals surface area contributed by atoms with Gasteiger partial charge in [-0.15, -0.1) is 0 Å². The summed E-state index contributed by atoms with van der Waals surface area (Å²) in [5.74, 6) is -2.94. The summed E-state index contributed by atoms with van der Waals surface area (Å²) in [6.07, 6.45) is -0.556. The molecular weight excluding hydrogens is 266 g/mol. The first-order valence-electron chi connectivity index (χ1n) is 6.13. The van der Waals surface area contributed by atoms with Crippen LogP contribution >= 0.6 is 0 Å². The molecule has 0 aromatic carbocycles. The standard InChI is InChI=1S/C12H21N3O5/c1-12(2,3)11(20)14-5-4-9(17)15-7(10(18)19)6-8(13)16/h7H,4-6H2,1-3H3,(H2,13,16)(H,14,20)(H,15,17)(H,18,19). The molecule has 0 rings (SSSR count). The molecule has 20 heavy (non-hydrogen) atoms. The molecule has 0 spiro atoms. The molecule has 3 amide bonds. The van der Waals surface area contributed by atoms with Crippen LogP contribution in [-0.4, -0.2) is 41.4 Å². The SMILES string of the molecule is CC(C)(C)C(=O)NCCC(=O)NC(CC(N)=O)C(=O)O. The number of aliphatic carboxylic acids is 1. The summed E-state index contributed by atoms with van der Waals surface area (Å²) in [5.41, 5.74) is 4.32. The highest BCUT2D eigenvalue weighted by molar-refractivity contribution is 5.88. The van der Waals surface area contributed by atoms with E-state index in [9.17, 15) is 19.2 Å². The summed E-state index contributed by atoms with van der Waals surface area (Å²) in [4.78, 5) is 44.5. The van der Waals surface area contributed by atoms with E-state index in [-0.39, 0.29) is 18.9 Å². The average Bonchev–Trinajstić information content (AvgIpc) is 2.25. The van der Waals surface area contributed by atoms with Gasteiger partial charge in [0.2, 0.25) is 17.7 Å². The van der Waals surface area contributed by atoms with E-state index in [0.717, 1.165) is 0 Å². The summed E-state index contributed by atoms with van der Waals surface area (Å²) in [6.45, 7) is 5.28. The number of amides is 3.